The van der Waals surface area contributed by atoms with E-state index in [2.05, 4.69) is 25.9 Å². The van der Waals surface area contributed by atoms with E-state index in [9.17, 15) is 14.4 Å². The highest BCUT2D eigenvalue weighted by Gasteiger charge is 2.29. The predicted molar refractivity (Wildman–Crippen MR) is 173 cm³/mol. The number of imidazole rings is 1. The summed E-state index contributed by atoms with van der Waals surface area (Å²) in [5, 5.41) is 9.15. The fourth-order valence-electron chi connectivity index (χ4n) is 5.86. The summed E-state index contributed by atoms with van der Waals surface area (Å²) in [7, 11) is 4.69. The van der Waals surface area contributed by atoms with Crippen LogP contribution in [0.4, 0.5) is 5.69 Å². The van der Waals surface area contributed by atoms with Crippen molar-refractivity contribution in [2.75, 3.05) is 39.7 Å². The van der Waals surface area contributed by atoms with Gasteiger partial charge in [0.05, 0.1) is 44.1 Å². The Balaban J connectivity index is 1.29. The minimum absolute atomic E-state index is 0.0631. The van der Waals surface area contributed by atoms with Gasteiger partial charge in [-0.1, -0.05) is 18.2 Å². The van der Waals surface area contributed by atoms with E-state index in [0.717, 1.165) is 33.5 Å². The number of H-pyrrole nitrogens is 1. The zero-order valence-electron chi connectivity index (χ0n) is 26.0. The second kappa shape index (κ2) is 14.1. The van der Waals surface area contributed by atoms with Crippen LogP contribution in [0.15, 0.2) is 53.3 Å². The summed E-state index contributed by atoms with van der Waals surface area (Å²) in [5.74, 6) is 2.06. The highest BCUT2D eigenvalue weighted by molar-refractivity contribution is 5.84. The van der Waals surface area contributed by atoms with Crippen LogP contribution in [0.3, 0.4) is 0 Å². The third-order valence-corrected chi connectivity index (χ3v) is 7.93. The van der Waals surface area contributed by atoms with E-state index in [0.29, 0.717) is 73.7 Å². The lowest BCUT2D eigenvalue weighted by atomic mass is 9.95. The van der Waals surface area contributed by atoms with Crippen LogP contribution in [-0.4, -0.2) is 56.2 Å². The van der Waals surface area contributed by atoms with E-state index in [-0.39, 0.29) is 23.3 Å². The summed E-state index contributed by atoms with van der Waals surface area (Å²) in [6, 6.07) is 14.5. The number of anilines is 1. The Labute approximate surface area is 261 Å². The molecule has 11 heteroatoms. The number of nitrogens with one attached hydrogen (secondary N) is 4. The SMILES string of the molecule is COc1cc2c(c(OC)c1OC)-c1ccc(NCCCC(=O)NCCc3nc4ccccc4[nH]3)c(=O)cc1C(NC(C)=O)CC2. The van der Waals surface area contributed by atoms with Crippen molar-refractivity contribution in [3.8, 4) is 28.4 Å². The van der Waals surface area contributed by atoms with Crippen molar-refractivity contribution in [1.82, 2.24) is 20.6 Å². The van der Waals surface area contributed by atoms with Crippen molar-refractivity contribution in [3.63, 3.8) is 0 Å². The standard InChI is InChI=1S/C34H39N5O6/c1-20(40)37-24-13-11-21-18-29(43-2)33(44-3)34(45-4)32(21)22-12-14-27(28(41)19-23(22)24)35-16-7-10-31(42)36-17-15-30-38-25-8-5-6-9-26(25)39-30/h5-6,8-9,12,14,18-19,24H,7,10-11,13,15-17H2,1-4H3,(H,35,41)(H,36,42)(H,37,40)(H,38,39). The molecule has 3 aromatic carbocycles. The summed E-state index contributed by atoms with van der Waals surface area (Å²) in [6.07, 6.45) is 2.66. The lowest BCUT2D eigenvalue weighted by Gasteiger charge is -2.19. The molecule has 11 nitrogen and oxygen atoms in total. The van der Waals surface area contributed by atoms with Crippen LogP contribution in [0.25, 0.3) is 22.2 Å². The van der Waals surface area contributed by atoms with E-state index in [1.807, 2.05) is 36.4 Å². The second-order valence-electron chi connectivity index (χ2n) is 10.9. The van der Waals surface area contributed by atoms with Gasteiger partial charge in [0.25, 0.3) is 0 Å². The lowest BCUT2D eigenvalue weighted by Crippen LogP contribution is -2.27. The number of methoxy groups -OCH3 is 3. The van der Waals surface area contributed by atoms with Gasteiger partial charge >= 0.3 is 0 Å². The van der Waals surface area contributed by atoms with Gasteiger partial charge < -0.3 is 35.1 Å². The Hall–Kier alpha value is -5.06. The van der Waals surface area contributed by atoms with Crippen LogP contribution >= 0.6 is 0 Å². The average Bonchev–Trinajstić information content (AvgIpc) is 3.30. The number of aromatic amines is 1. The number of carbonyl (C=O) groups is 2. The van der Waals surface area contributed by atoms with E-state index in [4.69, 9.17) is 14.2 Å². The number of aromatic nitrogens is 2. The smallest absolute Gasteiger partial charge is 0.220 e. The molecule has 236 valence electrons. The maximum atomic E-state index is 13.5. The Morgan fingerprint density at radius 2 is 1.80 bits per heavy atom. The van der Waals surface area contributed by atoms with Crippen LogP contribution in [0, 0.1) is 0 Å². The van der Waals surface area contributed by atoms with E-state index in [1.165, 1.54) is 6.92 Å². The largest absolute Gasteiger partial charge is 0.493 e. The van der Waals surface area contributed by atoms with Crippen LogP contribution < -0.4 is 35.6 Å². The van der Waals surface area contributed by atoms with E-state index >= 15 is 0 Å². The van der Waals surface area contributed by atoms with Crippen molar-refractivity contribution < 1.29 is 23.8 Å². The molecule has 45 heavy (non-hydrogen) atoms. The number of hydrogen-bond donors (Lipinski definition) is 4. The minimum Gasteiger partial charge on any atom is -0.493 e. The van der Waals surface area contributed by atoms with Gasteiger partial charge in [0.1, 0.15) is 5.82 Å². The maximum absolute atomic E-state index is 13.5. The molecule has 4 aromatic rings. The first kappa shape index (κ1) is 31.4. The number of nitrogens with zero attached hydrogens (tertiary/aromatic N) is 1. The molecule has 1 atom stereocenters. The number of benzene rings is 2. The molecule has 0 bridgehead atoms. The fourth-order valence-corrected chi connectivity index (χ4v) is 5.86. The highest BCUT2D eigenvalue weighted by atomic mass is 16.5. The molecule has 0 saturated carbocycles. The summed E-state index contributed by atoms with van der Waals surface area (Å²) < 4.78 is 17.1. The van der Waals surface area contributed by atoms with Gasteiger partial charge in [-0.15, -0.1) is 0 Å². The van der Waals surface area contributed by atoms with Crippen molar-refractivity contribution in [2.45, 2.75) is 45.1 Å². The van der Waals surface area contributed by atoms with Crippen LogP contribution in [0.2, 0.25) is 0 Å². The highest BCUT2D eigenvalue weighted by Crippen LogP contribution is 2.50. The molecule has 4 N–H and O–H groups in total. The number of carbonyl (C=O) groups excluding carboxylic acids is 2. The molecule has 0 radical (unpaired) electrons. The fraction of sp³-hybridized carbons (Fsp3) is 0.353. The molecule has 2 amide bonds. The van der Waals surface area contributed by atoms with Crippen molar-refractivity contribution in [3.05, 3.63) is 75.7 Å². The molecule has 1 unspecified atom stereocenters. The van der Waals surface area contributed by atoms with Crippen molar-refractivity contribution in [2.24, 2.45) is 0 Å². The Bertz CT molecular complexity index is 1740. The van der Waals surface area contributed by atoms with E-state index in [1.54, 1.807) is 33.5 Å². The van der Waals surface area contributed by atoms with Crippen molar-refractivity contribution >= 4 is 28.5 Å². The average molecular weight is 614 g/mol. The second-order valence-corrected chi connectivity index (χ2v) is 10.9. The molecular weight excluding hydrogens is 574 g/mol. The number of para-hydroxylation sites is 2. The number of hydrogen-bond acceptors (Lipinski definition) is 8. The molecule has 0 fully saturated rings. The van der Waals surface area contributed by atoms with Gasteiger partial charge in [-0.05, 0) is 66.3 Å². The summed E-state index contributed by atoms with van der Waals surface area (Å²) in [6.45, 7) is 2.38. The minimum atomic E-state index is -0.386. The quantitative estimate of drug-likeness (QED) is 0.173. The maximum Gasteiger partial charge on any atom is 0.220 e. The van der Waals surface area contributed by atoms with Gasteiger partial charge in [-0.2, -0.15) is 0 Å². The normalized spacial score (nSPS) is 13.6. The monoisotopic (exact) mass is 613 g/mol. The number of aryl methyl sites for hydroxylation is 1. The summed E-state index contributed by atoms with van der Waals surface area (Å²) in [4.78, 5) is 45.9. The number of amides is 2. The number of fused-ring (bicyclic) bond motifs is 4. The molecule has 0 saturated heterocycles. The van der Waals surface area contributed by atoms with Gasteiger partial charge in [0.15, 0.2) is 11.5 Å². The van der Waals surface area contributed by atoms with Crippen LogP contribution in [0.1, 0.15) is 49.2 Å². The molecule has 1 heterocycles. The number of rotatable bonds is 12. The molecule has 1 aliphatic carbocycles. The first-order valence-corrected chi connectivity index (χ1v) is 15.0. The molecule has 0 aliphatic heterocycles. The number of ether oxygens (including phenoxy) is 3. The van der Waals surface area contributed by atoms with E-state index < -0.39 is 0 Å². The Morgan fingerprint density at radius 1 is 1.00 bits per heavy atom. The van der Waals surface area contributed by atoms with Gasteiger partial charge in [0, 0.05) is 38.4 Å². The molecular formula is C34H39N5O6. The van der Waals surface area contributed by atoms with Gasteiger partial charge in [-0.3, -0.25) is 14.4 Å². The van der Waals surface area contributed by atoms with Gasteiger partial charge in [0.2, 0.25) is 23.0 Å². The van der Waals surface area contributed by atoms with Crippen molar-refractivity contribution in [1.29, 1.82) is 0 Å². The van der Waals surface area contributed by atoms with Crippen LogP contribution in [0.5, 0.6) is 17.2 Å². The first-order chi connectivity index (χ1) is 21.8. The third kappa shape index (κ3) is 7.03. The zero-order chi connectivity index (χ0) is 31.9. The van der Waals surface area contributed by atoms with Gasteiger partial charge in [-0.25, -0.2) is 4.98 Å². The molecule has 5 rings (SSSR count). The predicted octanol–water partition coefficient (Wildman–Crippen LogP) is 4.29. The summed E-state index contributed by atoms with van der Waals surface area (Å²) >= 11 is 0. The molecule has 1 aliphatic rings. The first-order valence-electron chi connectivity index (χ1n) is 15.0. The molecule has 1 aromatic heterocycles. The third-order valence-electron chi connectivity index (χ3n) is 7.93. The molecule has 0 spiro atoms. The van der Waals surface area contributed by atoms with Crippen LogP contribution in [-0.2, 0) is 22.4 Å². The lowest BCUT2D eigenvalue weighted by molar-refractivity contribution is -0.121. The Morgan fingerprint density at radius 3 is 2.53 bits per heavy atom. The Kier molecular flexibility index (Phi) is 9.86. The topological polar surface area (TPSA) is 144 Å². The zero-order valence-corrected chi connectivity index (χ0v) is 26.0. The summed E-state index contributed by atoms with van der Waals surface area (Å²) in [5.41, 5.74) is 5.26.